The molecule has 0 radical (unpaired) electrons. The van der Waals surface area contributed by atoms with E-state index in [-0.39, 0.29) is 12.2 Å². The van der Waals surface area contributed by atoms with Gasteiger partial charge in [-0.2, -0.15) is 18.3 Å². The summed E-state index contributed by atoms with van der Waals surface area (Å²) >= 11 is 0. The maximum absolute atomic E-state index is 13.5. The SMILES string of the molecule is Cn1nc(-c2ccc(F)c(C(F)(F)F)c2)cc1COc1ccc2cc[nH]c2c1. The molecule has 2 heterocycles. The Bertz CT molecular complexity index is 1140. The number of nitrogens with one attached hydrogen (secondary N) is 1. The smallest absolute Gasteiger partial charge is 0.419 e. The van der Waals surface area contributed by atoms with Crippen molar-refractivity contribution in [2.75, 3.05) is 0 Å². The first-order valence-electron chi connectivity index (χ1n) is 8.41. The van der Waals surface area contributed by atoms with Gasteiger partial charge in [-0.3, -0.25) is 4.68 Å². The normalized spacial score (nSPS) is 11.9. The number of benzene rings is 2. The number of ether oxygens (including phenoxy) is 1. The third-order valence-electron chi connectivity index (χ3n) is 4.46. The van der Waals surface area contributed by atoms with Crippen molar-refractivity contribution in [3.8, 4) is 17.0 Å². The molecule has 0 aliphatic carbocycles. The molecular weight excluding hydrogens is 374 g/mol. The number of hydrogen-bond acceptors (Lipinski definition) is 2. The van der Waals surface area contributed by atoms with Crippen LogP contribution in [0.5, 0.6) is 5.75 Å². The first kappa shape index (κ1) is 18.1. The van der Waals surface area contributed by atoms with E-state index in [0.29, 0.717) is 17.1 Å². The molecule has 28 heavy (non-hydrogen) atoms. The molecule has 0 unspecified atom stereocenters. The predicted molar refractivity (Wildman–Crippen MR) is 96.2 cm³/mol. The van der Waals surface area contributed by atoms with Crippen LogP contribution < -0.4 is 4.74 Å². The number of aromatic nitrogens is 3. The van der Waals surface area contributed by atoms with Gasteiger partial charge in [-0.25, -0.2) is 4.39 Å². The average Bonchev–Trinajstić information content (AvgIpc) is 3.25. The quantitative estimate of drug-likeness (QED) is 0.481. The molecule has 0 saturated heterocycles. The van der Waals surface area contributed by atoms with Gasteiger partial charge in [0.15, 0.2) is 0 Å². The Balaban J connectivity index is 1.57. The summed E-state index contributed by atoms with van der Waals surface area (Å²) in [5.41, 5.74) is 0.788. The number of rotatable bonds is 4. The molecule has 4 rings (SSSR count). The number of fused-ring (bicyclic) bond motifs is 1. The fourth-order valence-corrected chi connectivity index (χ4v) is 2.96. The molecule has 0 bridgehead atoms. The summed E-state index contributed by atoms with van der Waals surface area (Å²) in [4.78, 5) is 3.10. The number of aromatic amines is 1. The zero-order valence-electron chi connectivity index (χ0n) is 14.7. The van der Waals surface area contributed by atoms with Gasteiger partial charge in [0.25, 0.3) is 0 Å². The van der Waals surface area contributed by atoms with E-state index < -0.39 is 17.6 Å². The molecule has 0 aliphatic rings. The molecule has 0 amide bonds. The van der Waals surface area contributed by atoms with Gasteiger partial charge in [0.2, 0.25) is 0 Å². The van der Waals surface area contributed by atoms with Crippen LogP contribution in [0.2, 0.25) is 0 Å². The molecule has 0 saturated carbocycles. The van der Waals surface area contributed by atoms with Crippen molar-refractivity contribution < 1.29 is 22.3 Å². The molecule has 1 N–H and O–H groups in total. The summed E-state index contributed by atoms with van der Waals surface area (Å²) < 4.78 is 59.6. The first-order chi connectivity index (χ1) is 13.3. The van der Waals surface area contributed by atoms with Crippen molar-refractivity contribution in [2.45, 2.75) is 12.8 Å². The van der Waals surface area contributed by atoms with Crippen molar-refractivity contribution in [3.63, 3.8) is 0 Å². The van der Waals surface area contributed by atoms with E-state index >= 15 is 0 Å². The Morgan fingerprint density at radius 2 is 1.89 bits per heavy atom. The number of hydrogen-bond donors (Lipinski definition) is 1. The van der Waals surface area contributed by atoms with Gasteiger partial charge in [0.1, 0.15) is 18.2 Å². The lowest BCUT2D eigenvalue weighted by atomic mass is 10.1. The minimum absolute atomic E-state index is 0.184. The number of halogens is 4. The molecule has 0 aliphatic heterocycles. The van der Waals surface area contributed by atoms with E-state index in [1.54, 1.807) is 13.1 Å². The molecule has 0 atom stereocenters. The largest absolute Gasteiger partial charge is 0.487 e. The molecule has 0 spiro atoms. The maximum atomic E-state index is 13.5. The maximum Gasteiger partial charge on any atom is 0.419 e. The second-order valence-corrected chi connectivity index (χ2v) is 6.35. The van der Waals surface area contributed by atoms with Crippen LogP contribution in [-0.4, -0.2) is 14.8 Å². The van der Waals surface area contributed by atoms with Gasteiger partial charge in [-0.1, -0.05) is 0 Å². The van der Waals surface area contributed by atoms with Crippen molar-refractivity contribution in [1.82, 2.24) is 14.8 Å². The van der Waals surface area contributed by atoms with E-state index in [4.69, 9.17) is 4.74 Å². The van der Waals surface area contributed by atoms with Gasteiger partial charge >= 0.3 is 6.18 Å². The molecule has 0 fully saturated rings. The Kier molecular flexibility index (Phi) is 4.33. The van der Waals surface area contributed by atoms with Gasteiger partial charge in [0, 0.05) is 30.4 Å². The molecule has 8 heteroatoms. The highest BCUT2D eigenvalue weighted by atomic mass is 19.4. The van der Waals surface area contributed by atoms with Crippen LogP contribution in [-0.2, 0) is 19.8 Å². The van der Waals surface area contributed by atoms with Crippen LogP contribution in [0.25, 0.3) is 22.2 Å². The zero-order valence-corrected chi connectivity index (χ0v) is 14.7. The van der Waals surface area contributed by atoms with Crippen LogP contribution in [0.4, 0.5) is 17.6 Å². The lowest BCUT2D eigenvalue weighted by molar-refractivity contribution is -0.139. The fraction of sp³-hybridized carbons (Fsp3) is 0.150. The summed E-state index contributed by atoms with van der Waals surface area (Å²) in [5, 5.41) is 5.29. The minimum Gasteiger partial charge on any atom is -0.487 e. The van der Waals surface area contributed by atoms with E-state index in [1.807, 2.05) is 30.5 Å². The molecule has 4 nitrogen and oxygen atoms in total. The molecule has 2 aromatic heterocycles. The van der Waals surface area contributed by atoms with Crippen LogP contribution in [0.15, 0.2) is 54.7 Å². The minimum atomic E-state index is -4.77. The molecule has 2 aromatic carbocycles. The Labute approximate surface area is 157 Å². The van der Waals surface area contributed by atoms with Crippen molar-refractivity contribution in [1.29, 1.82) is 0 Å². The van der Waals surface area contributed by atoms with Crippen LogP contribution in [0.3, 0.4) is 0 Å². The lowest BCUT2D eigenvalue weighted by Gasteiger charge is -2.08. The monoisotopic (exact) mass is 389 g/mol. The zero-order chi connectivity index (χ0) is 19.9. The summed E-state index contributed by atoms with van der Waals surface area (Å²) in [6.45, 7) is 0.184. The van der Waals surface area contributed by atoms with Gasteiger partial charge in [0.05, 0.1) is 17.0 Å². The van der Waals surface area contributed by atoms with Crippen LogP contribution in [0.1, 0.15) is 11.3 Å². The molecular formula is C20H15F4N3O. The number of aryl methyl sites for hydroxylation is 1. The van der Waals surface area contributed by atoms with Crippen molar-refractivity contribution >= 4 is 10.9 Å². The van der Waals surface area contributed by atoms with E-state index in [0.717, 1.165) is 23.0 Å². The Hall–Kier alpha value is -3.29. The number of alkyl halides is 3. The van der Waals surface area contributed by atoms with E-state index in [9.17, 15) is 17.6 Å². The van der Waals surface area contributed by atoms with Crippen molar-refractivity contribution in [2.24, 2.45) is 7.05 Å². The second-order valence-electron chi connectivity index (χ2n) is 6.35. The first-order valence-corrected chi connectivity index (χ1v) is 8.41. The highest BCUT2D eigenvalue weighted by Gasteiger charge is 2.34. The highest BCUT2D eigenvalue weighted by Crippen LogP contribution is 2.34. The lowest BCUT2D eigenvalue weighted by Crippen LogP contribution is -2.08. The second kappa shape index (κ2) is 6.70. The van der Waals surface area contributed by atoms with Crippen LogP contribution >= 0.6 is 0 Å². The summed E-state index contributed by atoms with van der Waals surface area (Å²) in [6, 6.07) is 12.0. The summed E-state index contributed by atoms with van der Waals surface area (Å²) in [6.07, 6.45) is -2.93. The van der Waals surface area contributed by atoms with Gasteiger partial charge < -0.3 is 9.72 Å². The topological polar surface area (TPSA) is 42.8 Å². The highest BCUT2D eigenvalue weighted by molar-refractivity contribution is 5.80. The standard InChI is InChI=1S/C20H15F4N3O/c1-27-14(11-28-15-4-2-12-6-7-25-18(12)10-15)9-19(26-27)13-3-5-17(21)16(8-13)20(22,23)24/h2-10,25H,11H2,1H3. The third-order valence-corrected chi connectivity index (χ3v) is 4.46. The summed E-state index contributed by atoms with van der Waals surface area (Å²) in [7, 11) is 1.67. The van der Waals surface area contributed by atoms with Gasteiger partial charge in [-0.15, -0.1) is 0 Å². The van der Waals surface area contributed by atoms with Gasteiger partial charge in [-0.05, 0) is 47.9 Å². The fourth-order valence-electron chi connectivity index (χ4n) is 2.96. The van der Waals surface area contributed by atoms with E-state index in [1.165, 1.54) is 10.7 Å². The van der Waals surface area contributed by atoms with Crippen molar-refractivity contribution in [3.05, 3.63) is 71.8 Å². The average molecular weight is 389 g/mol. The van der Waals surface area contributed by atoms with Crippen LogP contribution in [0, 0.1) is 5.82 Å². The Morgan fingerprint density at radius 1 is 1.07 bits per heavy atom. The molecule has 144 valence electrons. The number of nitrogens with zero attached hydrogens (tertiary/aromatic N) is 2. The Morgan fingerprint density at radius 3 is 2.68 bits per heavy atom. The predicted octanol–water partition coefficient (Wildman–Crippen LogP) is 5.31. The number of H-pyrrole nitrogens is 1. The molecule has 4 aromatic rings. The van der Waals surface area contributed by atoms with E-state index in [2.05, 4.69) is 10.1 Å². The third kappa shape index (κ3) is 3.45. The summed E-state index contributed by atoms with van der Waals surface area (Å²) in [5.74, 6) is -0.658.